The molecule has 0 bridgehead atoms. The summed E-state index contributed by atoms with van der Waals surface area (Å²) in [6.45, 7) is 4.46. The Morgan fingerprint density at radius 2 is 2.16 bits per heavy atom. The van der Waals surface area contributed by atoms with E-state index < -0.39 is 6.10 Å². The van der Waals surface area contributed by atoms with E-state index in [1.54, 1.807) is 25.1 Å². The minimum Gasteiger partial charge on any atom is -0.493 e. The molecular weight excluding hydrogens is 246 g/mol. The highest BCUT2D eigenvalue weighted by atomic mass is 16.5. The topological polar surface area (TPSA) is 67.8 Å². The molecule has 0 aliphatic heterocycles. The minimum atomic E-state index is -0.557. The van der Waals surface area contributed by atoms with Crippen molar-refractivity contribution in [3.05, 3.63) is 23.8 Å². The number of methoxy groups -OCH3 is 1. The Balaban J connectivity index is 2.60. The van der Waals surface area contributed by atoms with Crippen LogP contribution in [0.15, 0.2) is 18.2 Å². The number of rotatable bonds is 7. The van der Waals surface area contributed by atoms with Crippen LogP contribution in [0.5, 0.6) is 11.5 Å². The predicted molar refractivity (Wildman–Crippen MR) is 72.4 cm³/mol. The zero-order valence-electron chi connectivity index (χ0n) is 11.6. The molecule has 2 N–H and O–H groups in total. The monoisotopic (exact) mass is 267 g/mol. The number of amides is 1. The highest BCUT2D eigenvalue weighted by Gasteiger charge is 2.09. The third-order valence-corrected chi connectivity index (χ3v) is 2.63. The van der Waals surface area contributed by atoms with Crippen molar-refractivity contribution in [3.63, 3.8) is 0 Å². The number of aliphatic hydroxyl groups is 1. The molecule has 0 saturated heterocycles. The van der Waals surface area contributed by atoms with Gasteiger partial charge in [-0.2, -0.15) is 0 Å². The van der Waals surface area contributed by atoms with E-state index in [-0.39, 0.29) is 12.5 Å². The van der Waals surface area contributed by atoms with Crippen molar-refractivity contribution < 1.29 is 19.4 Å². The molecule has 5 nitrogen and oxygen atoms in total. The molecule has 0 heterocycles. The van der Waals surface area contributed by atoms with E-state index in [1.165, 1.54) is 7.11 Å². The molecule has 1 aromatic carbocycles. The standard InChI is InChI=1S/C14H21NO4/c1-4-15-14(17)7-8-19-12-6-5-11(10(2)16)9-13(12)18-3/h5-6,9-10,16H,4,7-8H2,1-3H3,(H,15,17). The van der Waals surface area contributed by atoms with Gasteiger partial charge in [0, 0.05) is 6.54 Å². The Labute approximate surface area is 113 Å². The summed E-state index contributed by atoms with van der Waals surface area (Å²) < 4.78 is 10.7. The van der Waals surface area contributed by atoms with Crippen LogP contribution in [0.2, 0.25) is 0 Å². The van der Waals surface area contributed by atoms with Crippen molar-refractivity contribution in [1.29, 1.82) is 0 Å². The van der Waals surface area contributed by atoms with Gasteiger partial charge in [-0.15, -0.1) is 0 Å². The predicted octanol–water partition coefficient (Wildman–Crippen LogP) is 1.65. The van der Waals surface area contributed by atoms with Crippen molar-refractivity contribution in [2.24, 2.45) is 0 Å². The zero-order valence-corrected chi connectivity index (χ0v) is 11.6. The van der Waals surface area contributed by atoms with Gasteiger partial charge < -0.3 is 19.9 Å². The normalized spacial score (nSPS) is 11.8. The maximum atomic E-state index is 11.3. The van der Waals surface area contributed by atoms with Gasteiger partial charge in [-0.05, 0) is 31.5 Å². The summed E-state index contributed by atoms with van der Waals surface area (Å²) >= 11 is 0. The average molecular weight is 267 g/mol. The second-order valence-electron chi connectivity index (χ2n) is 4.14. The first kappa shape index (κ1) is 15.3. The minimum absolute atomic E-state index is 0.0398. The summed E-state index contributed by atoms with van der Waals surface area (Å²) in [4.78, 5) is 11.3. The molecule has 0 aromatic heterocycles. The number of benzene rings is 1. The fraction of sp³-hybridized carbons (Fsp3) is 0.500. The Kier molecular flexibility index (Phi) is 6.15. The fourth-order valence-electron chi connectivity index (χ4n) is 1.60. The molecule has 106 valence electrons. The van der Waals surface area contributed by atoms with E-state index in [0.717, 1.165) is 5.56 Å². The summed E-state index contributed by atoms with van der Waals surface area (Å²) in [7, 11) is 1.54. The number of hydrogen-bond acceptors (Lipinski definition) is 4. The van der Waals surface area contributed by atoms with Crippen molar-refractivity contribution in [2.45, 2.75) is 26.4 Å². The van der Waals surface area contributed by atoms with Gasteiger partial charge >= 0.3 is 0 Å². The van der Waals surface area contributed by atoms with Crippen molar-refractivity contribution in [1.82, 2.24) is 5.32 Å². The van der Waals surface area contributed by atoms with Crippen LogP contribution in [0.1, 0.15) is 31.9 Å². The number of aliphatic hydroxyl groups excluding tert-OH is 1. The first-order chi connectivity index (χ1) is 9.08. The molecule has 1 rings (SSSR count). The van der Waals surface area contributed by atoms with Gasteiger partial charge in [0.2, 0.25) is 5.91 Å². The fourth-order valence-corrected chi connectivity index (χ4v) is 1.60. The summed E-state index contributed by atoms with van der Waals surface area (Å²) in [5.41, 5.74) is 0.757. The van der Waals surface area contributed by atoms with E-state index in [4.69, 9.17) is 9.47 Å². The van der Waals surface area contributed by atoms with E-state index >= 15 is 0 Å². The number of hydrogen-bond donors (Lipinski definition) is 2. The first-order valence-electron chi connectivity index (χ1n) is 6.34. The van der Waals surface area contributed by atoms with Crippen LogP contribution in [-0.4, -0.2) is 31.3 Å². The van der Waals surface area contributed by atoms with Crippen LogP contribution in [0.3, 0.4) is 0 Å². The average Bonchev–Trinajstić information content (AvgIpc) is 2.39. The number of nitrogens with one attached hydrogen (secondary N) is 1. The van der Waals surface area contributed by atoms with E-state index in [9.17, 15) is 9.90 Å². The lowest BCUT2D eigenvalue weighted by molar-refractivity contribution is -0.121. The first-order valence-corrected chi connectivity index (χ1v) is 6.34. The molecular formula is C14H21NO4. The maximum absolute atomic E-state index is 11.3. The van der Waals surface area contributed by atoms with Crippen LogP contribution in [0, 0.1) is 0 Å². The van der Waals surface area contributed by atoms with Gasteiger partial charge in [0.15, 0.2) is 11.5 Å². The molecule has 0 fully saturated rings. The van der Waals surface area contributed by atoms with Crippen LogP contribution in [0.4, 0.5) is 0 Å². The van der Waals surface area contributed by atoms with Crippen LogP contribution < -0.4 is 14.8 Å². The van der Waals surface area contributed by atoms with Crippen molar-refractivity contribution >= 4 is 5.91 Å². The molecule has 1 unspecified atom stereocenters. The molecule has 1 amide bonds. The molecule has 0 radical (unpaired) electrons. The Morgan fingerprint density at radius 1 is 1.42 bits per heavy atom. The van der Waals surface area contributed by atoms with Crippen molar-refractivity contribution in [3.8, 4) is 11.5 Å². The van der Waals surface area contributed by atoms with Crippen molar-refractivity contribution in [2.75, 3.05) is 20.3 Å². The summed E-state index contributed by atoms with van der Waals surface area (Å²) in [6, 6.07) is 5.24. The van der Waals surface area contributed by atoms with E-state index in [2.05, 4.69) is 5.32 Å². The lowest BCUT2D eigenvalue weighted by Gasteiger charge is -2.13. The Hall–Kier alpha value is -1.75. The molecule has 0 spiro atoms. The SMILES string of the molecule is CCNC(=O)CCOc1ccc(C(C)O)cc1OC. The Morgan fingerprint density at radius 3 is 2.74 bits per heavy atom. The molecule has 0 aliphatic rings. The van der Waals surface area contributed by atoms with Gasteiger partial charge in [-0.3, -0.25) is 4.79 Å². The second-order valence-corrected chi connectivity index (χ2v) is 4.14. The summed E-state index contributed by atoms with van der Waals surface area (Å²) in [5, 5.41) is 12.2. The largest absolute Gasteiger partial charge is 0.493 e. The highest BCUT2D eigenvalue weighted by molar-refractivity contribution is 5.75. The number of carbonyl (C=O) groups excluding carboxylic acids is 1. The lowest BCUT2D eigenvalue weighted by atomic mass is 10.1. The van der Waals surface area contributed by atoms with Crippen LogP contribution in [0.25, 0.3) is 0 Å². The number of carbonyl (C=O) groups is 1. The quantitative estimate of drug-likeness (QED) is 0.788. The molecule has 1 atom stereocenters. The summed E-state index contributed by atoms with van der Waals surface area (Å²) in [5.74, 6) is 1.08. The molecule has 5 heteroatoms. The van der Waals surface area contributed by atoms with Gasteiger partial charge in [-0.25, -0.2) is 0 Å². The molecule has 19 heavy (non-hydrogen) atoms. The molecule has 1 aromatic rings. The lowest BCUT2D eigenvalue weighted by Crippen LogP contribution is -2.24. The van der Waals surface area contributed by atoms with Crippen LogP contribution >= 0.6 is 0 Å². The third-order valence-electron chi connectivity index (χ3n) is 2.63. The molecule has 0 saturated carbocycles. The zero-order chi connectivity index (χ0) is 14.3. The Bertz CT molecular complexity index is 418. The molecule has 0 aliphatic carbocycles. The smallest absolute Gasteiger partial charge is 0.223 e. The van der Waals surface area contributed by atoms with Gasteiger partial charge in [-0.1, -0.05) is 6.07 Å². The summed E-state index contributed by atoms with van der Waals surface area (Å²) in [6.07, 6.45) is -0.256. The van der Waals surface area contributed by atoms with E-state index in [0.29, 0.717) is 24.5 Å². The second kappa shape index (κ2) is 7.63. The van der Waals surface area contributed by atoms with Crippen LogP contribution in [-0.2, 0) is 4.79 Å². The van der Waals surface area contributed by atoms with Gasteiger partial charge in [0.25, 0.3) is 0 Å². The number of ether oxygens (including phenoxy) is 2. The van der Waals surface area contributed by atoms with Gasteiger partial charge in [0.1, 0.15) is 0 Å². The highest BCUT2D eigenvalue weighted by Crippen LogP contribution is 2.30. The third kappa shape index (κ3) is 4.79. The maximum Gasteiger partial charge on any atom is 0.223 e. The van der Waals surface area contributed by atoms with E-state index in [1.807, 2.05) is 6.92 Å². The van der Waals surface area contributed by atoms with Gasteiger partial charge in [0.05, 0.1) is 26.2 Å².